The first-order chi connectivity index (χ1) is 7.19. The summed E-state index contributed by atoms with van der Waals surface area (Å²) in [5, 5.41) is 3.79. The van der Waals surface area contributed by atoms with Crippen molar-refractivity contribution in [2.75, 3.05) is 20.2 Å². The van der Waals surface area contributed by atoms with Crippen LogP contribution in [0, 0.1) is 0 Å². The summed E-state index contributed by atoms with van der Waals surface area (Å²) in [4.78, 5) is 20.6. The number of hydroxylamine groups is 2. The van der Waals surface area contributed by atoms with E-state index in [1.54, 1.807) is 14.0 Å². The number of rotatable bonds is 4. The maximum absolute atomic E-state index is 11.5. The van der Waals surface area contributed by atoms with Crippen molar-refractivity contribution in [1.29, 1.82) is 0 Å². The SMILES string of the molecule is CCOC(=O)[C@H]1C[C@H](CN=C=S)ON1C. The number of carbonyl (C=O) groups is 1. The van der Waals surface area contributed by atoms with E-state index in [4.69, 9.17) is 9.57 Å². The van der Waals surface area contributed by atoms with Crippen LogP contribution in [0.25, 0.3) is 0 Å². The third-order valence-electron chi connectivity index (χ3n) is 2.16. The van der Waals surface area contributed by atoms with E-state index >= 15 is 0 Å². The van der Waals surface area contributed by atoms with Crippen LogP contribution >= 0.6 is 12.2 Å². The van der Waals surface area contributed by atoms with Crippen molar-refractivity contribution in [2.24, 2.45) is 4.99 Å². The van der Waals surface area contributed by atoms with E-state index in [-0.39, 0.29) is 18.1 Å². The van der Waals surface area contributed by atoms with Gasteiger partial charge in [-0.2, -0.15) is 5.06 Å². The predicted molar refractivity (Wildman–Crippen MR) is 57.6 cm³/mol. The fourth-order valence-corrected chi connectivity index (χ4v) is 1.55. The Kier molecular flexibility index (Phi) is 4.84. The molecule has 0 aliphatic carbocycles. The molecule has 2 atom stereocenters. The van der Waals surface area contributed by atoms with Gasteiger partial charge in [-0.1, -0.05) is 0 Å². The Balaban J connectivity index is 2.48. The standard InChI is InChI=1S/C9H14N2O3S/c1-3-13-9(12)8-4-7(5-10-6-15)14-11(8)2/h7-8H,3-5H2,1-2H3/t7-,8-/m1/s1. The molecule has 1 aliphatic heterocycles. The first kappa shape index (κ1) is 12.3. The number of aliphatic imine (C=N–C) groups is 1. The molecule has 84 valence electrons. The zero-order valence-corrected chi connectivity index (χ0v) is 9.62. The molecule has 1 aliphatic rings. The lowest BCUT2D eigenvalue weighted by atomic mass is 10.1. The monoisotopic (exact) mass is 230 g/mol. The summed E-state index contributed by atoms with van der Waals surface area (Å²) in [7, 11) is 1.71. The molecule has 0 aromatic heterocycles. The Labute approximate surface area is 94.0 Å². The van der Waals surface area contributed by atoms with Crippen molar-refractivity contribution < 1.29 is 14.4 Å². The quantitative estimate of drug-likeness (QED) is 0.403. The second kappa shape index (κ2) is 5.92. The normalized spacial score (nSPS) is 26.0. The number of carbonyl (C=O) groups excluding carboxylic acids is 1. The van der Waals surface area contributed by atoms with E-state index in [2.05, 4.69) is 22.4 Å². The fraction of sp³-hybridized carbons (Fsp3) is 0.778. The van der Waals surface area contributed by atoms with Crippen LogP contribution in [-0.4, -0.2) is 48.5 Å². The van der Waals surface area contributed by atoms with Gasteiger partial charge in [-0.3, -0.25) is 9.63 Å². The molecule has 15 heavy (non-hydrogen) atoms. The van der Waals surface area contributed by atoms with Crippen LogP contribution in [0.5, 0.6) is 0 Å². The zero-order valence-electron chi connectivity index (χ0n) is 8.80. The van der Waals surface area contributed by atoms with Crippen molar-refractivity contribution in [1.82, 2.24) is 5.06 Å². The molecule has 0 amide bonds. The largest absolute Gasteiger partial charge is 0.465 e. The summed E-state index contributed by atoms with van der Waals surface area (Å²) in [6, 6.07) is -0.338. The molecule has 0 spiro atoms. The van der Waals surface area contributed by atoms with E-state index in [1.165, 1.54) is 5.06 Å². The Morgan fingerprint density at radius 2 is 2.53 bits per heavy atom. The lowest BCUT2D eigenvalue weighted by Gasteiger charge is -2.15. The summed E-state index contributed by atoms with van der Waals surface area (Å²) < 4.78 is 4.92. The van der Waals surface area contributed by atoms with Gasteiger partial charge in [0.1, 0.15) is 12.1 Å². The number of thiocarbonyl (C=S) groups is 1. The van der Waals surface area contributed by atoms with Gasteiger partial charge in [-0.25, -0.2) is 4.99 Å². The number of isothiocyanates is 1. The highest BCUT2D eigenvalue weighted by atomic mass is 32.1. The third-order valence-corrected chi connectivity index (χ3v) is 2.29. The summed E-state index contributed by atoms with van der Waals surface area (Å²) in [5.74, 6) is -0.256. The molecule has 1 fully saturated rings. The second-order valence-electron chi connectivity index (χ2n) is 3.21. The molecule has 0 aromatic rings. The molecule has 0 radical (unpaired) electrons. The van der Waals surface area contributed by atoms with Crippen LogP contribution in [-0.2, 0) is 14.4 Å². The first-order valence-corrected chi connectivity index (χ1v) is 5.19. The minimum atomic E-state index is -0.338. The van der Waals surface area contributed by atoms with Gasteiger partial charge in [0.2, 0.25) is 0 Å². The van der Waals surface area contributed by atoms with E-state index in [0.29, 0.717) is 19.6 Å². The van der Waals surface area contributed by atoms with Gasteiger partial charge >= 0.3 is 5.97 Å². The molecule has 1 saturated heterocycles. The van der Waals surface area contributed by atoms with Crippen LogP contribution in [0.2, 0.25) is 0 Å². The van der Waals surface area contributed by atoms with Gasteiger partial charge in [0.15, 0.2) is 0 Å². The second-order valence-corrected chi connectivity index (χ2v) is 3.39. The highest BCUT2D eigenvalue weighted by Gasteiger charge is 2.36. The molecular weight excluding hydrogens is 216 g/mol. The smallest absolute Gasteiger partial charge is 0.325 e. The van der Waals surface area contributed by atoms with Crippen molar-refractivity contribution in [2.45, 2.75) is 25.5 Å². The molecule has 1 heterocycles. The number of hydrogen-bond donors (Lipinski definition) is 0. The zero-order chi connectivity index (χ0) is 11.3. The van der Waals surface area contributed by atoms with Gasteiger partial charge in [0.25, 0.3) is 0 Å². The van der Waals surface area contributed by atoms with Gasteiger partial charge < -0.3 is 4.74 Å². The summed E-state index contributed by atoms with van der Waals surface area (Å²) in [6.07, 6.45) is 0.468. The molecule has 0 bridgehead atoms. The molecule has 0 N–H and O–H groups in total. The number of likely N-dealkylation sites (N-methyl/N-ethyl adjacent to an activating group) is 1. The number of ether oxygens (including phenoxy) is 1. The van der Waals surface area contributed by atoms with E-state index < -0.39 is 0 Å². The minimum absolute atomic E-state index is 0.111. The highest BCUT2D eigenvalue weighted by molar-refractivity contribution is 7.78. The van der Waals surface area contributed by atoms with Crippen molar-refractivity contribution >= 4 is 23.3 Å². The minimum Gasteiger partial charge on any atom is -0.465 e. The lowest BCUT2D eigenvalue weighted by molar-refractivity contribution is -0.170. The van der Waals surface area contributed by atoms with Crippen molar-refractivity contribution in [3.05, 3.63) is 0 Å². The van der Waals surface area contributed by atoms with Crippen LogP contribution in [0.4, 0.5) is 0 Å². The van der Waals surface area contributed by atoms with Gasteiger partial charge in [-0.15, -0.1) is 0 Å². The maximum Gasteiger partial charge on any atom is 0.325 e. The predicted octanol–water partition coefficient (Wildman–Crippen LogP) is 0.657. The van der Waals surface area contributed by atoms with Gasteiger partial charge in [-0.05, 0) is 19.1 Å². The number of nitrogens with zero attached hydrogens (tertiary/aromatic N) is 2. The summed E-state index contributed by atoms with van der Waals surface area (Å²) in [5.41, 5.74) is 0. The van der Waals surface area contributed by atoms with Gasteiger partial charge in [0.05, 0.1) is 18.3 Å². The molecule has 0 saturated carbocycles. The molecule has 6 heteroatoms. The van der Waals surface area contributed by atoms with Gasteiger partial charge in [0, 0.05) is 13.5 Å². The Morgan fingerprint density at radius 3 is 3.13 bits per heavy atom. The fourth-order valence-electron chi connectivity index (χ4n) is 1.48. The van der Waals surface area contributed by atoms with Crippen molar-refractivity contribution in [3.8, 4) is 0 Å². The van der Waals surface area contributed by atoms with E-state index in [1.807, 2.05) is 0 Å². The topological polar surface area (TPSA) is 51.1 Å². The Morgan fingerprint density at radius 1 is 1.80 bits per heavy atom. The Hall–Kier alpha value is -0.810. The molecule has 0 aromatic carbocycles. The molecule has 1 rings (SSSR count). The van der Waals surface area contributed by atoms with Crippen LogP contribution in [0.3, 0.4) is 0 Å². The van der Waals surface area contributed by atoms with Crippen LogP contribution in [0.15, 0.2) is 4.99 Å². The highest BCUT2D eigenvalue weighted by Crippen LogP contribution is 2.20. The Bertz CT molecular complexity index is 279. The number of hydrogen-bond acceptors (Lipinski definition) is 6. The first-order valence-electron chi connectivity index (χ1n) is 4.79. The summed E-state index contributed by atoms with van der Waals surface area (Å²) in [6.45, 7) is 2.59. The maximum atomic E-state index is 11.5. The van der Waals surface area contributed by atoms with Crippen LogP contribution in [0.1, 0.15) is 13.3 Å². The number of esters is 1. The van der Waals surface area contributed by atoms with Crippen molar-refractivity contribution in [3.63, 3.8) is 0 Å². The average Bonchev–Trinajstić information content (AvgIpc) is 2.57. The molecular formula is C9H14N2O3S. The lowest BCUT2D eigenvalue weighted by Crippen LogP contribution is -2.33. The molecule has 5 nitrogen and oxygen atoms in total. The van der Waals surface area contributed by atoms with Crippen LogP contribution < -0.4 is 0 Å². The molecule has 0 unspecified atom stereocenters. The summed E-state index contributed by atoms with van der Waals surface area (Å²) >= 11 is 4.46. The third kappa shape index (κ3) is 3.35. The van der Waals surface area contributed by atoms with E-state index in [9.17, 15) is 4.79 Å². The average molecular weight is 230 g/mol. The van der Waals surface area contributed by atoms with E-state index in [0.717, 1.165) is 0 Å².